The van der Waals surface area contributed by atoms with Crippen molar-refractivity contribution in [2.24, 2.45) is 5.73 Å². The van der Waals surface area contributed by atoms with Gasteiger partial charge in [0.15, 0.2) is 0 Å². The van der Waals surface area contributed by atoms with E-state index in [2.05, 4.69) is 5.32 Å². The second-order valence-electron chi connectivity index (χ2n) is 4.78. The Bertz CT molecular complexity index is 250. The summed E-state index contributed by atoms with van der Waals surface area (Å²) in [5.41, 5.74) is 5.12. The van der Waals surface area contributed by atoms with Gasteiger partial charge < -0.3 is 16.0 Å². The standard InChI is InChI=1S/C11H23N3O2/c1-11(2,8-12)13-9(15)6-5-7-10(16)14(3)4/h5-8,12H2,1-4H3,(H,13,15). The van der Waals surface area contributed by atoms with Crippen molar-refractivity contribution in [3.8, 4) is 0 Å². The van der Waals surface area contributed by atoms with Crippen LogP contribution in [0.15, 0.2) is 0 Å². The molecule has 0 aliphatic carbocycles. The van der Waals surface area contributed by atoms with E-state index < -0.39 is 0 Å². The van der Waals surface area contributed by atoms with Gasteiger partial charge in [-0.25, -0.2) is 0 Å². The Morgan fingerprint density at radius 3 is 2.25 bits per heavy atom. The van der Waals surface area contributed by atoms with Crippen LogP contribution >= 0.6 is 0 Å². The molecule has 3 N–H and O–H groups in total. The van der Waals surface area contributed by atoms with Gasteiger partial charge in [-0.05, 0) is 20.3 Å². The summed E-state index contributed by atoms with van der Waals surface area (Å²) in [7, 11) is 3.42. The highest BCUT2D eigenvalue weighted by Crippen LogP contribution is 2.02. The molecule has 0 aliphatic heterocycles. The van der Waals surface area contributed by atoms with E-state index >= 15 is 0 Å². The van der Waals surface area contributed by atoms with Gasteiger partial charge in [0, 0.05) is 39.0 Å². The Balaban J connectivity index is 3.79. The largest absolute Gasteiger partial charge is 0.350 e. The van der Waals surface area contributed by atoms with Crippen molar-refractivity contribution in [1.82, 2.24) is 10.2 Å². The molecule has 0 fully saturated rings. The van der Waals surface area contributed by atoms with Crippen LogP contribution in [0.1, 0.15) is 33.1 Å². The second-order valence-corrected chi connectivity index (χ2v) is 4.78. The number of hydrogen-bond donors (Lipinski definition) is 2. The Morgan fingerprint density at radius 2 is 1.81 bits per heavy atom. The van der Waals surface area contributed by atoms with Crippen molar-refractivity contribution in [3.63, 3.8) is 0 Å². The molecule has 0 rings (SSSR count). The molecule has 0 aliphatic rings. The molecule has 5 nitrogen and oxygen atoms in total. The van der Waals surface area contributed by atoms with E-state index in [0.717, 1.165) is 0 Å². The van der Waals surface area contributed by atoms with Gasteiger partial charge in [0.25, 0.3) is 0 Å². The smallest absolute Gasteiger partial charge is 0.222 e. The number of hydrogen-bond acceptors (Lipinski definition) is 3. The Morgan fingerprint density at radius 1 is 1.25 bits per heavy atom. The number of nitrogens with two attached hydrogens (primary N) is 1. The summed E-state index contributed by atoms with van der Waals surface area (Å²) in [6.07, 6.45) is 1.34. The topological polar surface area (TPSA) is 75.4 Å². The van der Waals surface area contributed by atoms with Crippen LogP contribution in [-0.2, 0) is 9.59 Å². The molecule has 0 atom stereocenters. The fraction of sp³-hybridized carbons (Fsp3) is 0.818. The molecule has 0 bridgehead atoms. The predicted molar refractivity (Wildman–Crippen MR) is 63.8 cm³/mol. The van der Waals surface area contributed by atoms with Gasteiger partial charge >= 0.3 is 0 Å². The van der Waals surface area contributed by atoms with Crippen LogP contribution in [0, 0.1) is 0 Å². The van der Waals surface area contributed by atoms with E-state index in [1.54, 1.807) is 14.1 Å². The number of amides is 2. The molecule has 0 unspecified atom stereocenters. The van der Waals surface area contributed by atoms with E-state index in [1.807, 2.05) is 13.8 Å². The third-order valence-corrected chi connectivity index (χ3v) is 2.28. The number of rotatable bonds is 6. The van der Waals surface area contributed by atoms with Gasteiger partial charge in [-0.2, -0.15) is 0 Å². The molecule has 0 heterocycles. The summed E-state index contributed by atoms with van der Waals surface area (Å²) < 4.78 is 0. The lowest BCUT2D eigenvalue weighted by Crippen LogP contribution is -2.48. The maximum atomic E-state index is 11.5. The maximum absolute atomic E-state index is 11.5. The monoisotopic (exact) mass is 229 g/mol. The minimum atomic E-state index is -0.372. The molecule has 16 heavy (non-hydrogen) atoms. The molecule has 0 saturated heterocycles. The fourth-order valence-electron chi connectivity index (χ4n) is 1.11. The highest BCUT2D eigenvalue weighted by molar-refractivity contribution is 5.79. The summed E-state index contributed by atoms with van der Waals surface area (Å²) in [5, 5.41) is 2.82. The van der Waals surface area contributed by atoms with E-state index in [9.17, 15) is 9.59 Å². The number of carbonyl (C=O) groups excluding carboxylic acids is 2. The Hall–Kier alpha value is -1.10. The summed E-state index contributed by atoms with van der Waals surface area (Å²) in [4.78, 5) is 24.2. The van der Waals surface area contributed by atoms with Crippen molar-refractivity contribution in [3.05, 3.63) is 0 Å². The molecule has 0 saturated carbocycles. The number of nitrogens with one attached hydrogen (secondary N) is 1. The van der Waals surface area contributed by atoms with Crippen molar-refractivity contribution < 1.29 is 9.59 Å². The zero-order valence-corrected chi connectivity index (χ0v) is 10.7. The fourth-order valence-corrected chi connectivity index (χ4v) is 1.11. The minimum absolute atomic E-state index is 0.0471. The zero-order chi connectivity index (χ0) is 12.8. The van der Waals surface area contributed by atoms with Gasteiger partial charge in [0.2, 0.25) is 11.8 Å². The summed E-state index contributed by atoms with van der Waals surface area (Å²) in [5.74, 6) is -0.00658. The van der Waals surface area contributed by atoms with Gasteiger partial charge in [-0.3, -0.25) is 9.59 Å². The van der Waals surface area contributed by atoms with E-state index in [0.29, 0.717) is 25.8 Å². The Labute approximate surface area is 97.4 Å². The second kappa shape index (κ2) is 6.48. The average molecular weight is 229 g/mol. The van der Waals surface area contributed by atoms with Crippen molar-refractivity contribution >= 4 is 11.8 Å². The third-order valence-electron chi connectivity index (χ3n) is 2.28. The van der Waals surface area contributed by atoms with Crippen LogP contribution in [0.2, 0.25) is 0 Å². The van der Waals surface area contributed by atoms with Gasteiger partial charge in [-0.15, -0.1) is 0 Å². The zero-order valence-electron chi connectivity index (χ0n) is 10.7. The molecule has 5 heteroatoms. The SMILES string of the molecule is CN(C)C(=O)CCCC(=O)NC(C)(C)CN. The molecule has 94 valence electrons. The van der Waals surface area contributed by atoms with Gasteiger partial charge in [0.1, 0.15) is 0 Å². The lowest BCUT2D eigenvalue weighted by Gasteiger charge is -2.24. The molecular formula is C11H23N3O2. The first kappa shape index (κ1) is 14.9. The lowest BCUT2D eigenvalue weighted by molar-refractivity contribution is -0.129. The molecule has 0 radical (unpaired) electrons. The van der Waals surface area contributed by atoms with Crippen LogP contribution in [0.3, 0.4) is 0 Å². The van der Waals surface area contributed by atoms with Crippen LogP contribution in [-0.4, -0.2) is 42.9 Å². The van der Waals surface area contributed by atoms with Gasteiger partial charge in [-0.1, -0.05) is 0 Å². The predicted octanol–water partition coefficient (Wildman–Crippen LogP) is 0.0984. The van der Waals surface area contributed by atoms with Crippen molar-refractivity contribution in [1.29, 1.82) is 0 Å². The molecule has 0 aromatic carbocycles. The molecule has 0 aromatic rings. The normalized spacial score (nSPS) is 11.1. The van der Waals surface area contributed by atoms with Crippen molar-refractivity contribution in [2.45, 2.75) is 38.6 Å². The number of nitrogens with zero attached hydrogens (tertiary/aromatic N) is 1. The molecular weight excluding hydrogens is 206 g/mol. The van der Waals surface area contributed by atoms with E-state index in [-0.39, 0.29) is 17.4 Å². The van der Waals surface area contributed by atoms with Crippen LogP contribution in [0.4, 0.5) is 0 Å². The maximum Gasteiger partial charge on any atom is 0.222 e. The van der Waals surface area contributed by atoms with E-state index in [4.69, 9.17) is 5.73 Å². The van der Waals surface area contributed by atoms with Crippen LogP contribution < -0.4 is 11.1 Å². The van der Waals surface area contributed by atoms with Crippen LogP contribution in [0.25, 0.3) is 0 Å². The third kappa shape index (κ3) is 6.40. The van der Waals surface area contributed by atoms with E-state index in [1.165, 1.54) is 4.90 Å². The van der Waals surface area contributed by atoms with Gasteiger partial charge in [0.05, 0.1) is 0 Å². The summed E-state index contributed by atoms with van der Waals surface area (Å²) in [6.45, 7) is 4.14. The Kier molecular flexibility index (Phi) is 6.03. The highest BCUT2D eigenvalue weighted by Gasteiger charge is 2.17. The molecule has 0 spiro atoms. The first-order valence-corrected chi connectivity index (χ1v) is 5.50. The molecule has 2 amide bonds. The summed E-state index contributed by atoms with van der Waals surface area (Å²) in [6, 6.07) is 0. The number of carbonyl (C=O) groups is 2. The highest BCUT2D eigenvalue weighted by atomic mass is 16.2. The first-order chi connectivity index (χ1) is 7.28. The first-order valence-electron chi connectivity index (χ1n) is 5.50. The minimum Gasteiger partial charge on any atom is -0.350 e. The van der Waals surface area contributed by atoms with Crippen LogP contribution in [0.5, 0.6) is 0 Å². The quantitative estimate of drug-likeness (QED) is 0.678. The lowest BCUT2D eigenvalue weighted by atomic mass is 10.1. The summed E-state index contributed by atoms with van der Waals surface area (Å²) >= 11 is 0. The molecule has 0 aromatic heterocycles. The average Bonchev–Trinajstić information content (AvgIpc) is 2.16. The van der Waals surface area contributed by atoms with Crippen molar-refractivity contribution in [2.75, 3.05) is 20.6 Å².